The summed E-state index contributed by atoms with van der Waals surface area (Å²) in [4.78, 5) is 38.5. The fourth-order valence-corrected chi connectivity index (χ4v) is 2.75. The number of carboxylic acid groups (broad SMARTS) is 1. The van der Waals surface area contributed by atoms with Crippen LogP contribution in [0.2, 0.25) is 0 Å². The number of hydrogen-bond acceptors (Lipinski definition) is 3. The van der Waals surface area contributed by atoms with Crippen LogP contribution in [0.15, 0.2) is 18.2 Å². The minimum absolute atomic E-state index is 0.0464. The summed E-state index contributed by atoms with van der Waals surface area (Å²) in [6, 6.07) is 3.56. The van der Waals surface area contributed by atoms with E-state index in [0.29, 0.717) is 6.54 Å². The molecule has 136 valence electrons. The molecule has 0 aliphatic carbocycles. The van der Waals surface area contributed by atoms with Gasteiger partial charge in [-0.05, 0) is 24.6 Å². The SMILES string of the molecule is CCCN(C)C(=O)c1cc(C(=O)O)cc(C(=O)N2CCC(F)(F)C2)c1. The lowest BCUT2D eigenvalue weighted by Crippen LogP contribution is -2.32. The fraction of sp³-hybridized carbons (Fsp3) is 0.471. The van der Waals surface area contributed by atoms with Gasteiger partial charge in [-0.15, -0.1) is 0 Å². The molecule has 0 aromatic heterocycles. The van der Waals surface area contributed by atoms with E-state index < -0.39 is 36.7 Å². The number of carbonyl (C=O) groups excluding carboxylic acids is 2. The highest BCUT2D eigenvalue weighted by Crippen LogP contribution is 2.28. The Morgan fingerprint density at radius 3 is 2.32 bits per heavy atom. The standard InChI is InChI=1S/C17H20F2N2O4/c1-3-5-20(2)14(22)11-7-12(9-13(8-11)16(24)25)15(23)21-6-4-17(18,19)10-21/h7-9H,3-6,10H2,1-2H3,(H,24,25). The van der Waals surface area contributed by atoms with Crippen molar-refractivity contribution in [3.63, 3.8) is 0 Å². The number of aromatic carboxylic acids is 1. The molecule has 0 spiro atoms. The third-order valence-corrected chi connectivity index (χ3v) is 4.04. The number of amides is 2. The number of rotatable bonds is 5. The highest BCUT2D eigenvalue weighted by Gasteiger charge is 2.40. The maximum Gasteiger partial charge on any atom is 0.335 e. The second kappa shape index (κ2) is 7.16. The van der Waals surface area contributed by atoms with E-state index in [1.165, 1.54) is 17.0 Å². The third kappa shape index (κ3) is 4.32. The van der Waals surface area contributed by atoms with E-state index in [0.717, 1.165) is 17.4 Å². The summed E-state index contributed by atoms with van der Waals surface area (Å²) in [6.07, 6.45) is 0.290. The van der Waals surface area contributed by atoms with Crippen molar-refractivity contribution >= 4 is 17.8 Å². The van der Waals surface area contributed by atoms with Crippen LogP contribution >= 0.6 is 0 Å². The van der Waals surface area contributed by atoms with Crippen molar-refractivity contribution in [2.75, 3.05) is 26.7 Å². The molecule has 1 saturated heterocycles. The number of carbonyl (C=O) groups is 3. The van der Waals surface area contributed by atoms with Crippen molar-refractivity contribution in [1.82, 2.24) is 9.80 Å². The van der Waals surface area contributed by atoms with Crippen LogP contribution in [0, 0.1) is 0 Å². The molecular weight excluding hydrogens is 334 g/mol. The predicted molar refractivity (Wildman–Crippen MR) is 86.1 cm³/mol. The smallest absolute Gasteiger partial charge is 0.335 e. The summed E-state index contributed by atoms with van der Waals surface area (Å²) in [5, 5.41) is 9.22. The van der Waals surface area contributed by atoms with Crippen LogP contribution in [0.5, 0.6) is 0 Å². The summed E-state index contributed by atoms with van der Waals surface area (Å²) < 4.78 is 26.7. The largest absolute Gasteiger partial charge is 0.478 e. The van der Waals surface area contributed by atoms with Crippen LogP contribution < -0.4 is 0 Å². The molecule has 1 aromatic rings. The molecule has 2 amide bonds. The topological polar surface area (TPSA) is 77.9 Å². The first kappa shape index (κ1) is 18.8. The molecule has 0 atom stereocenters. The lowest BCUT2D eigenvalue weighted by molar-refractivity contribution is 0.0120. The highest BCUT2D eigenvalue weighted by molar-refractivity contribution is 6.03. The van der Waals surface area contributed by atoms with Crippen molar-refractivity contribution in [2.24, 2.45) is 0 Å². The molecule has 1 aromatic carbocycles. The van der Waals surface area contributed by atoms with Gasteiger partial charge in [0.15, 0.2) is 0 Å². The molecule has 1 aliphatic heterocycles. The maximum absolute atomic E-state index is 13.3. The van der Waals surface area contributed by atoms with Gasteiger partial charge in [0.05, 0.1) is 12.1 Å². The fourth-order valence-electron chi connectivity index (χ4n) is 2.75. The average Bonchev–Trinajstić information content (AvgIpc) is 2.93. The third-order valence-electron chi connectivity index (χ3n) is 4.04. The molecule has 0 radical (unpaired) electrons. The number of halogens is 2. The molecule has 25 heavy (non-hydrogen) atoms. The Kier molecular flexibility index (Phi) is 5.39. The number of carboxylic acids is 1. The quantitative estimate of drug-likeness (QED) is 0.880. The first-order valence-corrected chi connectivity index (χ1v) is 7.95. The lowest BCUT2D eigenvalue weighted by Gasteiger charge is -2.19. The van der Waals surface area contributed by atoms with Crippen LogP contribution in [0.25, 0.3) is 0 Å². The molecule has 8 heteroatoms. The van der Waals surface area contributed by atoms with Crippen molar-refractivity contribution in [3.05, 3.63) is 34.9 Å². The van der Waals surface area contributed by atoms with Crippen LogP contribution in [0.1, 0.15) is 50.8 Å². The highest BCUT2D eigenvalue weighted by atomic mass is 19.3. The van der Waals surface area contributed by atoms with Crippen LogP contribution in [0.4, 0.5) is 8.78 Å². The number of alkyl halides is 2. The Morgan fingerprint density at radius 2 is 1.80 bits per heavy atom. The molecule has 1 fully saturated rings. The molecule has 2 rings (SSSR count). The Hall–Kier alpha value is -2.51. The Labute approximate surface area is 144 Å². The van der Waals surface area contributed by atoms with E-state index in [-0.39, 0.29) is 23.2 Å². The average molecular weight is 354 g/mol. The van der Waals surface area contributed by atoms with Crippen molar-refractivity contribution in [2.45, 2.75) is 25.7 Å². The van der Waals surface area contributed by atoms with Gasteiger partial charge in [-0.1, -0.05) is 6.92 Å². The lowest BCUT2D eigenvalue weighted by atomic mass is 10.0. The number of likely N-dealkylation sites (tertiary alicyclic amines) is 1. The second-order valence-corrected chi connectivity index (χ2v) is 6.16. The molecule has 0 saturated carbocycles. The van der Waals surface area contributed by atoms with Gasteiger partial charge in [0, 0.05) is 37.7 Å². The van der Waals surface area contributed by atoms with Crippen molar-refractivity contribution in [3.8, 4) is 0 Å². The van der Waals surface area contributed by atoms with E-state index in [2.05, 4.69) is 0 Å². The summed E-state index contributed by atoms with van der Waals surface area (Å²) in [6.45, 7) is 1.54. The first-order chi connectivity index (χ1) is 11.6. The van der Waals surface area contributed by atoms with Gasteiger partial charge in [-0.3, -0.25) is 9.59 Å². The molecular formula is C17H20F2N2O4. The molecule has 0 bridgehead atoms. The van der Waals surface area contributed by atoms with E-state index in [9.17, 15) is 28.3 Å². The van der Waals surface area contributed by atoms with E-state index in [1.54, 1.807) is 7.05 Å². The second-order valence-electron chi connectivity index (χ2n) is 6.16. The summed E-state index contributed by atoms with van der Waals surface area (Å²) in [7, 11) is 1.57. The predicted octanol–water partition coefficient (Wildman–Crippen LogP) is 2.35. The van der Waals surface area contributed by atoms with E-state index in [1.807, 2.05) is 6.92 Å². The van der Waals surface area contributed by atoms with Gasteiger partial charge in [-0.2, -0.15) is 0 Å². The monoisotopic (exact) mass is 354 g/mol. The minimum atomic E-state index is -2.94. The van der Waals surface area contributed by atoms with Gasteiger partial charge < -0.3 is 14.9 Å². The van der Waals surface area contributed by atoms with Gasteiger partial charge in [0.25, 0.3) is 17.7 Å². The van der Waals surface area contributed by atoms with Crippen molar-refractivity contribution < 1.29 is 28.3 Å². The summed E-state index contributed by atoms with van der Waals surface area (Å²) in [5.41, 5.74) is -0.263. The number of nitrogens with zero attached hydrogens (tertiary/aromatic N) is 2. The molecule has 1 heterocycles. The first-order valence-electron chi connectivity index (χ1n) is 7.95. The van der Waals surface area contributed by atoms with Crippen molar-refractivity contribution in [1.29, 1.82) is 0 Å². The summed E-state index contributed by atoms with van der Waals surface area (Å²) >= 11 is 0. The zero-order chi connectivity index (χ0) is 18.8. The Bertz CT molecular complexity index is 706. The van der Waals surface area contributed by atoms with Crippen LogP contribution in [-0.4, -0.2) is 65.3 Å². The normalized spacial score (nSPS) is 15.9. The molecule has 1 aliphatic rings. The van der Waals surface area contributed by atoms with E-state index >= 15 is 0 Å². The van der Waals surface area contributed by atoms with Crippen LogP contribution in [-0.2, 0) is 0 Å². The van der Waals surface area contributed by atoms with E-state index in [4.69, 9.17) is 0 Å². The van der Waals surface area contributed by atoms with Crippen LogP contribution in [0.3, 0.4) is 0 Å². The molecule has 1 N–H and O–H groups in total. The van der Waals surface area contributed by atoms with Gasteiger partial charge in [-0.25, -0.2) is 13.6 Å². The van der Waals surface area contributed by atoms with Gasteiger partial charge in [0.1, 0.15) is 0 Å². The Morgan fingerprint density at radius 1 is 1.20 bits per heavy atom. The Balaban J connectivity index is 2.36. The maximum atomic E-state index is 13.3. The minimum Gasteiger partial charge on any atom is -0.478 e. The van der Waals surface area contributed by atoms with Gasteiger partial charge in [0.2, 0.25) is 0 Å². The molecule has 0 unspecified atom stereocenters. The van der Waals surface area contributed by atoms with Gasteiger partial charge >= 0.3 is 5.97 Å². The molecule has 6 nitrogen and oxygen atoms in total. The number of benzene rings is 1. The number of hydrogen-bond donors (Lipinski definition) is 1. The summed E-state index contributed by atoms with van der Waals surface area (Å²) in [5.74, 6) is -5.37. The zero-order valence-electron chi connectivity index (χ0n) is 14.1. The zero-order valence-corrected chi connectivity index (χ0v) is 14.1.